The molecule has 1 N–H and O–H groups in total. The maximum Gasteiger partial charge on any atom is 0.341 e. The third-order valence-electron chi connectivity index (χ3n) is 2.93. The molecule has 0 aliphatic heterocycles. The van der Waals surface area contributed by atoms with Crippen molar-refractivity contribution in [3.8, 4) is 17.6 Å². The summed E-state index contributed by atoms with van der Waals surface area (Å²) < 4.78 is 10.1. The third-order valence-corrected chi connectivity index (χ3v) is 2.93. The Labute approximate surface area is 119 Å². The monoisotopic (exact) mass is 273 g/mol. The minimum absolute atomic E-state index is 0.337. The van der Waals surface area contributed by atoms with Crippen LogP contribution < -0.4 is 10.1 Å². The minimum atomic E-state index is -0.621. The minimum Gasteiger partial charge on any atom is -0.497 e. The quantitative estimate of drug-likeness (QED) is 0.661. The van der Waals surface area contributed by atoms with Crippen LogP contribution in [0, 0.1) is 17.8 Å². The second-order valence-electron chi connectivity index (χ2n) is 4.62. The van der Waals surface area contributed by atoms with Gasteiger partial charge in [0.25, 0.3) is 0 Å². The summed E-state index contributed by atoms with van der Waals surface area (Å²) >= 11 is 0. The second-order valence-corrected chi connectivity index (χ2v) is 4.62. The molecule has 1 aliphatic rings. The van der Waals surface area contributed by atoms with E-state index in [1.807, 2.05) is 24.3 Å². The van der Waals surface area contributed by atoms with Crippen LogP contribution in [-0.2, 0) is 9.53 Å². The highest BCUT2D eigenvalue weighted by Crippen LogP contribution is 2.27. The molecule has 2 rings (SSSR count). The van der Waals surface area contributed by atoms with Gasteiger partial charge in [-0.2, -0.15) is 0 Å². The van der Waals surface area contributed by atoms with E-state index in [0.717, 1.165) is 24.3 Å². The molecular formula is C16H19NO3. The van der Waals surface area contributed by atoms with E-state index in [2.05, 4.69) is 17.2 Å². The fourth-order valence-corrected chi connectivity index (χ4v) is 1.66. The van der Waals surface area contributed by atoms with E-state index in [-0.39, 0.29) is 5.97 Å². The highest BCUT2D eigenvalue weighted by Gasteiger charge is 2.21. The van der Waals surface area contributed by atoms with Crippen LogP contribution in [0.1, 0.15) is 19.8 Å². The van der Waals surface area contributed by atoms with Crippen molar-refractivity contribution in [1.29, 1.82) is 0 Å². The van der Waals surface area contributed by atoms with Crippen molar-refractivity contribution < 1.29 is 14.3 Å². The standard InChI is InChI=1S/C16H19NO3/c1-3-20-16(18)15(11-6-12-4-5-12)17-13-7-9-14(19-2)10-8-13/h7-10,12,15,17H,3-5H2,1-2H3. The SMILES string of the molecule is CCOC(=O)C(C#CC1CC1)Nc1ccc(OC)cc1. The van der Waals surface area contributed by atoms with Crippen LogP contribution >= 0.6 is 0 Å². The number of anilines is 1. The van der Waals surface area contributed by atoms with E-state index in [1.165, 1.54) is 0 Å². The average Bonchev–Trinajstić information content (AvgIpc) is 3.28. The Morgan fingerprint density at radius 2 is 2.10 bits per heavy atom. The number of ether oxygens (including phenoxy) is 2. The predicted molar refractivity (Wildman–Crippen MR) is 77.5 cm³/mol. The van der Waals surface area contributed by atoms with Crippen molar-refractivity contribution in [2.45, 2.75) is 25.8 Å². The Morgan fingerprint density at radius 1 is 1.40 bits per heavy atom. The Kier molecular flexibility index (Phi) is 4.89. The summed E-state index contributed by atoms with van der Waals surface area (Å²) in [5.74, 6) is 6.96. The lowest BCUT2D eigenvalue weighted by atomic mass is 10.2. The smallest absolute Gasteiger partial charge is 0.341 e. The Balaban J connectivity index is 2.05. The summed E-state index contributed by atoms with van der Waals surface area (Å²) in [5, 5.41) is 3.09. The van der Waals surface area contributed by atoms with Gasteiger partial charge in [-0.15, -0.1) is 0 Å². The maximum absolute atomic E-state index is 11.9. The maximum atomic E-state index is 11.9. The summed E-state index contributed by atoms with van der Waals surface area (Å²) in [4.78, 5) is 11.9. The molecular weight excluding hydrogens is 254 g/mol. The first-order chi connectivity index (χ1) is 9.72. The molecule has 1 saturated carbocycles. The molecule has 0 saturated heterocycles. The summed E-state index contributed by atoms with van der Waals surface area (Å²) in [6.07, 6.45) is 2.26. The first-order valence-electron chi connectivity index (χ1n) is 6.81. The Bertz CT molecular complexity index is 509. The van der Waals surface area contributed by atoms with E-state index >= 15 is 0 Å². The van der Waals surface area contributed by atoms with E-state index in [9.17, 15) is 4.79 Å². The van der Waals surface area contributed by atoms with Crippen LogP contribution in [-0.4, -0.2) is 25.7 Å². The number of esters is 1. The number of hydrogen-bond acceptors (Lipinski definition) is 4. The first-order valence-corrected chi connectivity index (χ1v) is 6.81. The van der Waals surface area contributed by atoms with Gasteiger partial charge in [-0.05, 0) is 44.0 Å². The number of carbonyl (C=O) groups excluding carboxylic acids is 1. The molecule has 1 aromatic rings. The lowest BCUT2D eigenvalue weighted by molar-refractivity contribution is -0.142. The van der Waals surface area contributed by atoms with Crippen molar-refractivity contribution in [1.82, 2.24) is 0 Å². The molecule has 0 amide bonds. The highest BCUT2D eigenvalue weighted by molar-refractivity contribution is 5.83. The van der Waals surface area contributed by atoms with Gasteiger partial charge in [-0.3, -0.25) is 0 Å². The van der Waals surface area contributed by atoms with Gasteiger partial charge in [0.15, 0.2) is 6.04 Å². The zero-order valence-corrected chi connectivity index (χ0v) is 11.8. The van der Waals surface area contributed by atoms with Crippen molar-refractivity contribution >= 4 is 11.7 Å². The lowest BCUT2D eigenvalue weighted by Crippen LogP contribution is -2.30. The van der Waals surface area contributed by atoms with Crippen LogP contribution in [0.15, 0.2) is 24.3 Å². The molecule has 1 fully saturated rings. The van der Waals surface area contributed by atoms with Gasteiger partial charge in [0.2, 0.25) is 0 Å². The molecule has 1 aliphatic carbocycles. The van der Waals surface area contributed by atoms with E-state index in [0.29, 0.717) is 12.5 Å². The number of nitrogens with one attached hydrogen (secondary N) is 1. The topological polar surface area (TPSA) is 47.6 Å². The van der Waals surface area contributed by atoms with Crippen LogP contribution in [0.3, 0.4) is 0 Å². The highest BCUT2D eigenvalue weighted by atomic mass is 16.5. The number of methoxy groups -OCH3 is 1. The molecule has 1 aromatic carbocycles. The van der Waals surface area contributed by atoms with Gasteiger partial charge in [0.1, 0.15) is 5.75 Å². The van der Waals surface area contributed by atoms with Crippen molar-refractivity contribution in [3.05, 3.63) is 24.3 Å². The summed E-state index contributed by atoms with van der Waals surface area (Å²) in [6, 6.07) is 6.75. The van der Waals surface area contributed by atoms with Crippen LogP contribution in [0.4, 0.5) is 5.69 Å². The fourth-order valence-electron chi connectivity index (χ4n) is 1.66. The second kappa shape index (κ2) is 6.85. The number of hydrogen-bond donors (Lipinski definition) is 1. The van der Waals surface area contributed by atoms with Crippen LogP contribution in [0.5, 0.6) is 5.75 Å². The van der Waals surface area contributed by atoms with Crippen LogP contribution in [0.2, 0.25) is 0 Å². The molecule has 4 nitrogen and oxygen atoms in total. The van der Waals surface area contributed by atoms with Gasteiger partial charge in [0.05, 0.1) is 13.7 Å². The van der Waals surface area contributed by atoms with Crippen molar-refractivity contribution in [3.63, 3.8) is 0 Å². The zero-order chi connectivity index (χ0) is 14.4. The Hall–Kier alpha value is -2.15. The first kappa shape index (κ1) is 14.3. The molecule has 4 heteroatoms. The molecule has 1 atom stereocenters. The summed E-state index contributed by atoms with van der Waals surface area (Å²) in [7, 11) is 1.62. The summed E-state index contributed by atoms with van der Waals surface area (Å²) in [6.45, 7) is 2.14. The fraction of sp³-hybridized carbons (Fsp3) is 0.438. The lowest BCUT2D eigenvalue weighted by Gasteiger charge is -2.13. The van der Waals surface area contributed by atoms with Crippen molar-refractivity contribution in [2.75, 3.05) is 19.0 Å². The van der Waals surface area contributed by atoms with Gasteiger partial charge in [-0.25, -0.2) is 4.79 Å². The normalized spacial score (nSPS) is 14.7. The van der Waals surface area contributed by atoms with E-state index < -0.39 is 6.04 Å². The zero-order valence-electron chi connectivity index (χ0n) is 11.8. The largest absolute Gasteiger partial charge is 0.497 e. The third kappa shape index (κ3) is 4.20. The molecule has 0 heterocycles. The number of carbonyl (C=O) groups is 1. The Morgan fingerprint density at radius 3 is 2.65 bits per heavy atom. The predicted octanol–water partition coefficient (Wildman–Crippen LogP) is 2.45. The molecule has 0 spiro atoms. The van der Waals surface area contributed by atoms with Crippen LogP contribution in [0.25, 0.3) is 0 Å². The average molecular weight is 273 g/mol. The van der Waals surface area contributed by atoms with E-state index in [4.69, 9.17) is 9.47 Å². The molecule has 106 valence electrons. The van der Waals surface area contributed by atoms with Crippen molar-refractivity contribution in [2.24, 2.45) is 5.92 Å². The molecule has 0 bridgehead atoms. The number of benzene rings is 1. The van der Waals surface area contributed by atoms with Gasteiger partial charge in [-0.1, -0.05) is 11.8 Å². The molecule has 1 unspecified atom stereocenters. The molecule has 20 heavy (non-hydrogen) atoms. The van der Waals surface area contributed by atoms with Gasteiger partial charge in [0, 0.05) is 11.6 Å². The van der Waals surface area contributed by atoms with Gasteiger partial charge < -0.3 is 14.8 Å². The van der Waals surface area contributed by atoms with Gasteiger partial charge >= 0.3 is 5.97 Å². The molecule has 0 aromatic heterocycles. The van der Waals surface area contributed by atoms with E-state index in [1.54, 1.807) is 14.0 Å². The number of rotatable bonds is 5. The summed E-state index contributed by atoms with van der Waals surface area (Å²) in [5.41, 5.74) is 0.814. The molecule has 0 radical (unpaired) electrons.